The molecular weight excluding hydrogens is 364 g/mol. The number of nitrogens with two attached hydrogens (primary N) is 1. The number of rotatable bonds is 5. The van der Waals surface area contributed by atoms with Crippen LogP contribution in [0.15, 0.2) is 47.4 Å². The van der Waals surface area contributed by atoms with Crippen LogP contribution in [0.4, 0.5) is 16.2 Å². The number of nitrogens with one attached hydrogen (secondary N) is 1. The van der Waals surface area contributed by atoms with E-state index in [0.717, 1.165) is 16.3 Å². The van der Waals surface area contributed by atoms with Gasteiger partial charge in [0, 0.05) is 29.2 Å². The zero-order chi connectivity index (χ0) is 19.6. The quantitative estimate of drug-likeness (QED) is 0.357. The molecule has 3 rings (SSSR count). The van der Waals surface area contributed by atoms with Crippen LogP contribution in [0.3, 0.4) is 0 Å². The van der Waals surface area contributed by atoms with Crippen molar-refractivity contribution in [1.82, 2.24) is 0 Å². The highest BCUT2D eigenvalue weighted by atomic mass is 32.2. The molecule has 1 aliphatic heterocycles. The lowest BCUT2D eigenvalue weighted by atomic mass is 10.2. The Balaban J connectivity index is 1.86. The molecule has 7 nitrogen and oxygen atoms in total. The normalized spacial score (nSPS) is 13.8. The fraction of sp³-hybridized carbons (Fsp3) is 0.211. The van der Waals surface area contributed by atoms with Crippen LogP contribution in [0, 0.1) is 5.41 Å². The highest BCUT2D eigenvalue weighted by Crippen LogP contribution is 2.33. The minimum Gasteiger partial charge on any atom is -0.465 e. The number of hydrogen-bond donors (Lipinski definition) is 2. The Kier molecular flexibility index (Phi) is 5.36. The van der Waals surface area contributed by atoms with E-state index in [4.69, 9.17) is 15.9 Å². The number of ether oxygens (including phenoxy) is 1. The maximum absolute atomic E-state index is 13.0. The molecule has 0 spiro atoms. The third-order valence-electron chi connectivity index (χ3n) is 4.39. The Morgan fingerprint density at radius 1 is 1.11 bits per heavy atom. The lowest BCUT2D eigenvalue weighted by Crippen LogP contribution is -2.32. The van der Waals surface area contributed by atoms with Gasteiger partial charge in [-0.2, -0.15) is 0 Å². The summed E-state index contributed by atoms with van der Waals surface area (Å²) in [6.07, 6.45) is 1.90. The fourth-order valence-corrected chi connectivity index (χ4v) is 3.60. The van der Waals surface area contributed by atoms with Crippen molar-refractivity contribution in [2.45, 2.75) is 4.90 Å². The molecule has 0 radical (unpaired) electrons. The smallest absolute Gasteiger partial charge is 0.337 e. The number of hydrogen-bond acceptors (Lipinski definition) is 5. The number of anilines is 2. The molecule has 1 fully saturated rings. The minimum atomic E-state index is -0.406. The van der Waals surface area contributed by atoms with Crippen LogP contribution in [0.2, 0.25) is 0 Å². The largest absolute Gasteiger partial charge is 0.465 e. The molecule has 0 unspecified atom stereocenters. The van der Waals surface area contributed by atoms with E-state index >= 15 is 0 Å². The molecule has 27 heavy (non-hydrogen) atoms. The number of amides is 2. The molecule has 2 aromatic rings. The second kappa shape index (κ2) is 7.71. The molecule has 2 aromatic carbocycles. The summed E-state index contributed by atoms with van der Waals surface area (Å²) in [5.74, 6) is -0.414. The number of methoxy groups -OCH3 is 1. The molecule has 0 aromatic heterocycles. The average Bonchev–Trinajstić information content (AvgIpc) is 3.08. The molecule has 0 bridgehead atoms. The van der Waals surface area contributed by atoms with E-state index in [0.29, 0.717) is 24.2 Å². The van der Waals surface area contributed by atoms with Crippen LogP contribution < -0.4 is 15.5 Å². The summed E-state index contributed by atoms with van der Waals surface area (Å²) < 4.78 is 4.76. The molecule has 1 aliphatic rings. The second-order valence-electron chi connectivity index (χ2n) is 5.92. The number of carbonyl (C=O) groups is 2. The lowest BCUT2D eigenvalue weighted by molar-refractivity contribution is 0.0600. The van der Waals surface area contributed by atoms with Crippen molar-refractivity contribution in [3.8, 4) is 0 Å². The first kappa shape index (κ1) is 18.8. The van der Waals surface area contributed by atoms with Gasteiger partial charge in [-0.1, -0.05) is 0 Å². The number of amidine groups is 1. The second-order valence-corrected chi connectivity index (χ2v) is 6.77. The number of esters is 1. The predicted octanol–water partition coefficient (Wildman–Crippen LogP) is 2.93. The summed E-state index contributed by atoms with van der Waals surface area (Å²) in [5, 5.41) is 7.46. The van der Waals surface area contributed by atoms with E-state index in [-0.39, 0.29) is 11.9 Å². The van der Waals surface area contributed by atoms with Crippen LogP contribution in [-0.4, -0.2) is 44.3 Å². The van der Waals surface area contributed by atoms with Gasteiger partial charge in [0.2, 0.25) is 0 Å². The summed E-state index contributed by atoms with van der Waals surface area (Å²) in [6, 6.07) is 12.1. The zero-order valence-electron chi connectivity index (χ0n) is 15.1. The number of nitrogen functional groups attached to an aromatic ring is 1. The molecule has 1 saturated heterocycles. The summed E-state index contributed by atoms with van der Waals surface area (Å²) in [6.45, 7) is 1.09. The molecule has 1 heterocycles. The van der Waals surface area contributed by atoms with E-state index in [9.17, 15) is 9.59 Å². The van der Waals surface area contributed by atoms with Gasteiger partial charge in [-0.05, 0) is 48.7 Å². The summed E-state index contributed by atoms with van der Waals surface area (Å²) >= 11 is 1.47. The Morgan fingerprint density at radius 2 is 1.74 bits per heavy atom. The van der Waals surface area contributed by atoms with Crippen LogP contribution in [0.1, 0.15) is 15.9 Å². The van der Waals surface area contributed by atoms with Gasteiger partial charge in [0.25, 0.3) is 0 Å². The molecule has 140 valence electrons. The molecule has 0 aliphatic carbocycles. The first-order chi connectivity index (χ1) is 13.0. The maximum Gasteiger partial charge on any atom is 0.337 e. The number of thioether (sulfide) groups is 1. The first-order valence-electron chi connectivity index (χ1n) is 8.26. The lowest BCUT2D eigenvalue weighted by Gasteiger charge is -2.21. The van der Waals surface area contributed by atoms with Gasteiger partial charge in [-0.3, -0.25) is 15.2 Å². The number of benzene rings is 2. The predicted molar refractivity (Wildman–Crippen MR) is 107 cm³/mol. The van der Waals surface area contributed by atoms with Gasteiger partial charge in [0.1, 0.15) is 5.84 Å². The average molecular weight is 384 g/mol. The third-order valence-corrected chi connectivity index (χ3v) is 5.16. The summed E-state index contributed by atoms with van der Waals surface area (Å²) in [4.78, 5) is 28.9. The van der Waals surface area contributed by atoms with Gasteiger partial charge in [0.15, 0.2) is 0 Å². The number of urea groups is 1. The van der Waals surface area contributed by atoms with Crippen molar-refractivity contribution in [3.05, 3.63) is 53.6 Å². The Hall–Kier alpha value is -3.00. The van der Waals surface area contributed by atoms with Crippen LogP contribution in [0.25, 0.3) is 0 Å². The third kappa shape index (κ3) is 3.61. The van der Waals surface area contributed by atoms with Crippen LogP contribution >= 0.6 is 11.8 Å². The van der Waals surface area contributed by atoms with Crippen molar-refractivity contribution in [2.75, 3.05) is 36.3 Å². The number of nitrogens with zero attached hydrogens (tertiary/aromatic N) is 2. The van der Waals surface area contributed by atoms with E-state index in [1.54, 1.807) is 52.3 Å². The van der Waals surface area contributed by atoms with Crippen molar-refractivity contribution in [3.63, 3.8) is 0 Å². The molecule has 8 heteroatoms. The molecular formula is C19H20N4O3S. The summed E-state index contributed by atoms with van der Waals surface area (Å²) in [7, 11) is 1.34. The van der Waals surface area contributed by atoms with Gasteiger partial charge in [0.05, 0.1) is 18.4 Å². The van der Waals surface area contributed by atoms with Crippen molar-refractivity contribution in [2.24, 2.45) is 5.73 Å². The fourth-order valence-electron chi connectivity index (χ4n) is 2.97. The summed E-state index contributed by atoms with van der Waals surface area (Å²) in [5.41, 5.74) is 8.07. The number of carbonyl (C=O) groups excluding carboxylic acids is 2. The monoisotopic (exact) mass is 384 g/mol. The van der Waals surface area contributed by atoms with Crippen molar-refractivity contribution in [1.29, 1.82) is 5.41 Å². The zero-order valence-corrected chi connectivity index (χ0v) is 15.9. The van der Waals surface area contributed by atoms with E-state index < -0.39 is 5.97 Å². The Bertz CT molecular complexity index is 898. The molecule has 0 saturated carbocycles. The molecule has 3 N–H and O–H groups in total. The topological polar surface area (TPSA) is 99.7 Å². The van der Waals surface area contributed by atoms with Crippen LogP contribution in [0.5, 0.6) is 0 Å². The van der Waals surface area contributed by atoms with Gasteiger partial charge in [-0.15, -0.1) is 11.8 Å². The van der Waals surface area contributed by atoms with Crippen LogP contribution in [-0.2, 0) is 4.74 Å². The van der Waals surface area contributed by atoms with E-state index in [1.165, 1.54) is 18.9 Å². The van der Waals surface area contributed by atoms with Crippen molar-refractivity contribution < 1.29 is 14.3 Å². The first-order valence-corrected chi connectivity index (χ1v) is 9.48. The van der Waals surface area contributed by atoms with Gasteiger partial charge < -0.3 is 10.5 Å². The van der Waals surface area contributed by atoms with Crippen molar-refractivity contribution >= 4 is 41.0 Å². The standard InChI is InChI=1S/C19H20N4O3S/c1-26-18(24)13-5-8-15(16(11-13)27-2)23-10-9-22(19(23)25)14-6-3-12(4-7-14)17(20)21/h3-8,11H,9-10H2,1-2H3,(H3,20,21). The maximum atomic E-state index is 13.0. The van der Waals surface area contributed by atoms with E-state index in [2.05, 4.69) is 0 Å². The molecule has 0 atom stereocenters. The highest BCUT2D eigenvalue weighted by Gasteiger charge is 2.32. The highest BCUT2D eigenvalue weighted by molar-refractivity contribution is 7.98. The van der Waals surface area contributed by atoms with Gasteiger partial charge in [-0.25, -0.2) is 9.59 Å². The molecule has 2 amide bonds. The Labute approximate surface area is 161 Å². The SMILES string of the molecule is COC(=O)c1ccc(N2CCN(c3ccc(C(=N)N)cc3)C2=O)c(SC)c1. The Morgan fingerprint density at radius 3 is 2.33 bits per heavy atom. The van der Waals surface area contributed by atoms with E-state index in [1.807, 2.05) is 6.26 Å². The minimum absolute atomic E-state index is 0.00812. The van der Waals surface area contributed by atoms with Gasteiger partial charge >= 0.3 is 12.0 Å².